The smallest absolute Gasteiger partial charge is 0.137 e. The van der Waals surface area contributed by atoms with Crippen LogP contribution in [0.2, 0.25) is 0 Å². The third-order valence-electron chi connectivity index (χ3n) is 2.91. The fourth-order valence-electron chi connectivity index (χ4n) is 1.98. The molecule has 1 aromatic carbocycles. The molecule has 0 aromatic heterocycles. The second-order valence-corrected chi connectivity index (χ2v) is 4.07. The van der Waals surface area contributed by atoms with Gasteiger partial charge >= 0.3 is 0 Å². The average molecular weight is 230 g/mol. The molecule has 4 nitrogen and oxygen atoms in total. The largest absolute Gasteiger partial charge is 0.287 e. The number of anilines is 1. The lowest BCUT2D eigenvalue weighted by molar-refractivity contribution is 0.627. The Kier molecular flexibility index (Phi) is 2.24. The Labute approximate surface area is 98.2 Å². The van der Waals surface area contributed by atoms with Crippen molar-refractivity contribution in [3.63, 3.8) is 0 Å². The summed E-state index contributed by atoms with van der Waals surface area (Å²) in [6.07, 6.45) is 3.66. The van der Waals surface area contributed by atoms with E-state index >= 15 is 0 Å². The second-order valence-electron chi connectivity index (χ2n) is 4.07. The summed E-state index contributed by atoms with van der Waals surface area (Å²) in [6.45, 7) is 2.00. The van der Waals surface area contributed by atoms with Gasteiger partial charge in [0.25, 0.3) is 0 Å². The summed E-state index contributed by atoms with van der Waals surface area (Å²) in [7, 11) is 0. The van der Waals surface area contributed by atoms with Crippen LogP contribution in [-0.2, 0) is 0 Å². The van der Waals surface area contributed by atoms with Crippen molar-refractivity contribution in [3.8, 4) is 0 Å². The summed E-state index contributed by atoms with van der Waals surface area (Å²) < 4.78 is 12.9. The molecule has 17 heavy (non-hydrogen) atoms. The van der Waals surface area contributed by atoms with Crippen LogP contribution in [0, 0.1) is 5.82 Å². The van der Waals surface area contributed by atoms with E-state index in [1.165, 1.54) is 12.1 Å². The molecule has 0 N–H and O–H groups in total. The van der Waals surface area contributed by atoms with Crippen LogP contribution in [-0.4, -0.2) is 18.3 Å². The number of hydrogen-bond donors (Lipinski definition) is 0. The molecule has 0 saturated carbocycles. The van der Waals surface area contributed by atoms with Crippen molar-refractivity contribution in [2.75, 3.05) is 5.01 Å². The van der Waals surface area contributed by atoms with Crippen molar-refractivity contribution in [1.82, 2.24) is 0 Å². The fraction of sp³-hybridized carbons (Fsp3) is 0.250. The van der Waals surface area contributed by atoms with Crippen molar-refractivity contribution in [2.24, 2.45) is 15.3 Å². The lowest BCUT2D eigenvalue weighted by Crippen LogP contribution is -2.28. The SMILES string of the molecule is CC1N=CC=C2C1N=NN2c1ccc(F)cc1. The van der Waals surface area contributed by atoms with Gasteiger partial charge in [0.05, 0.1) is 17.4 Å². The van der Waals surface area contributed by atoms with Crippen molar-refractivity contribution in [3.05, 3.63) is 41.9 Å². The highest BCUT2D eigenvalue weighted by Crippen LogP contribution is 2.32. The number of hydrogen-bond acceptors (Lipinski definition) is 4. The number of fused-ring (bicyclic) bond motifs is 1. The Morgan fingerprint density at radius 1 is 1.24 bits per heavy atom. The van der Waals surface area contributed by atoms with Gasteiger partial charge in [-0.15, -0.1) is 0 Å². The molecule has 0 amide bonds. The summed E-state index contributed by atoms with van der Waals surface area (Å²) in [5, 5.41) is 10.0. The highest BCUT2D eigenvalue weighted by Gasteiger charge is 2.32. The quantitative estimate of drug-likeness (QED) is 0.731. The number of allylic oxidation sites excluding steroid dienone is 1. The minimum absolute atomic E-state index is 0.0231. The Morgan fingerprint density at radius 3 is 2.76 bits per heavy atom. The van der Waals surface area contributed by atoms with Gasteiger partial charge in [0.15, 0.2) is 0 Å². The van der Waals surface area contributed by atoms with E-state index in [0.29, 0.717) is 0 Å². The molecule has 0 aliphatic carbocycles. The number of benzene rings is 1. The molecule has 2 heterocycles. The van der Waals surface area contributed by atoms with E-state index < -0.39 is 0 Å². The maximum absolute atomic E-state index is 12.9. The molecule has 0 saturated heterocycles. The molecular weight excluding hydrogens is 219 g/mol. The van der Waals surface area contributed by atoms with Crippen molar-refractivity contribution in [1.29, 1.82) is 0 Å². The minimum atomic E-state index is -0.256. The first-order valence-corrected chi connectivity index (χ1v) is 5.45. The Morgan fingerprint density at radius 2 is 2.00 bits per heavy atom. The molecule has 0 spiro atoms. The zero-order valence-corrected chi connectivity index (χ0v) is 9.29. The monoisotopic (exact) mass is 230 g/mol. The number of halogens is 1. The third-order valence-corrected chi connectivity index (χ3v) is 2.91. The van der Waals surface area contributed by atoms with Gasteiger partial charge < -0.3 is 0 Å². The van der Waals surface area contributed by atoms with Crippen LogP contribution in [0.4, 0.5) is 10.1 Å². The molecule has 2 unspecified atom stereocenters. The molecule has 5 heteroatoms. The summed E-state index contributed by atoms with van der Waals surface area (Å²) >= 11 is 0. The van der Waals surface area contributed by atoms with E-state index in [1.54, 1.807) is 23.4 Å². The zero-order valence-electron chi connectivity index (χ0n) is 9.29. The van der Waals surface area contributed by atoms with Crippen LogP contribution in [0.15, 0.2) is 51.4 Å². The Balaban J connectivity index is 1.96. The summed E-state index contributed by atoms with van der Waals surface area (Å²) in [5.41, 5.74) is 1.80. The topological polar surface area (TPSA) is 40.3 Å². The van der Waals surface area contributed by atoms with Gasteiger partial charge in [-0.05, 0) is 37.3 Å². The third kappa shape index (κ3) is 1.63. The first kappa shape index (κ1) is 10.1. The highest BCUT2D eigenvalue weighted by molar-refractivity contribution is 5.76. The van der Waals surface area contributed by atoms with Crippen LogP contribution >= 0.6 is 0 Å². The van der Waals surface area contributed by atoms with Crippen LogP contribution in [0.25, 0.3) is 0 Å². The van der Waals surface area contributed by atoms with Crippen molar-refractivity contribution >= 4 is 11.9 Å². The van der Waals surface area contributed by atoms with Gasteiger partial charge in [-0.25, -0.2) is 9.40 Å². The van der Waals surface area contributed by atoms with Crippen LogP contribution in [0.1, 0.15) is 6.92 Å². The van der Waals surface area contributed by atoms with Crippen LogP contribution in [0.3, 0.4) is 0 Å². The molecule has 2 aliphatic heterocycles. The molecule has 3 rings (SSSR count). The highest BCUT2D eigenvalue weighted by atomic mass is 19.1. The standard InChI is InChI=1S/C12H11FN4/c1-8-12-11(6-7-14-8)17(16-15-12)10-4-2-9(13)3-5-10/h2-8,12H,1H3. The second kappa shape index (κ2) is 3.76. The van der Waals surface area contributed by atoms with Crippen molar-refractivity contribution < 1.29 is 4.39 Å². The van der Waals surface area contributed by atoms with Gasteiger partial charge in [-0.1, -0.05) is 5.22 Å². The fourth-order valence-corrected chi connectivity index (χ4v) is 1.98. The Hall–Kier alpha value is -2.04. The summed E-state index contributed by atoms with van der Waals surface area (Å²) in [4.78, 5) is 4.27. The average Bonchev–Trinajstić information content (AvgIpc) is 2.75. The Bertz CT molecular complexity index is 518. The van der Waals surface area contributed by atoms with Gasteiger partial charge in [-0.2, -0.15) is 5.11 Å². The molecular formula is C12H11FN4. The molecule has 2 atom stereocenters. The number of nitrogens with zero attached hydrogens (tertiary/aromatic N) is 4. The first-order valence-electron chi connectivity index (χ1n) is 5.45. The van der Waals surface area contributed by atoms with Gasteiger partial charge in [-0.3, -0.25) is 4.99 Å². The number of dihydropyridines is 1. The van der Waals surface area contributed by atoms with Gasteiger partial charge in [0.1, 0.15) is 11.9 Å². The van der Waals surface area contributed by atoms with E-state index in [-0.39, 0.29) is 17.9 Å². The lowest BCUT2D eigenvalue weighted by atomic mass is 10.1. The first-order chi connectivity index (χ1) is 8.25. The summed E-state index contributed by atoms with van der Waals surface area (Å²) in [6, 6.07) is 6.29. The van der Waals surface area contributed by atoms with E-state index in [4.69, 9.17) is 0 Å². The summed E-state index contributed by atoms with van der Waals surface area (Å²) in [5.74, 6) is -0.256. The van der Waals surface area contributed by atoms with E-state index in [0.717, 1.165) is 11.4 Å². The van der Waals surface area contributed by atoms with Crippen LogP contribution < -0.4 is 5.01 Å². The van der Waals surface area contributed by atoms with E-state index in [9.17, 15) is 4.39 Å². The molecule has 0 fully saturated rings. The molecule has 86 valence electrons. The molecule has 0 radical (unpaired) electrons. The van der Waals surface area contributed by atoms with Crippen LogP contribution in [0.5, 0.6) is 0 Å². The molecule has 1 aromatic rings. The maximum atomic E-state index is 12.9. The number of aliphatic imine (C=N–C) groups is 1. The normalized spacial score (nSPS) is 26.0. The minimum Gasteiger partial charge on any atom is -0.287 e. The van der Waals surface area contributed by atoms with E-state index in [1.807, 2.05) is 13.0 Å². The van der Waals surface area contributed by atoms with Gasteiger partial charge in [0.2, 0.25) is 0 Å². The molecule has 0 bridgehead atoms. The van der Waals surface area contributed by atoms with Crippen molar-refractivity contribution in [2.45, 2.75) is 19.0 Å². The van der Waals surface area contributed by atoms with E-state index in [2.05, 4.69) is 15.3 Å². The predicted molar refractivity (Wildman–Crippen MR) is 63.6 cm³/mol. The van der Waals surface area contributed by atoms with Gasteiger partial charge in [0, 0.05) is 6.21 Å². The lowest BCUT2D eigenvalue weighted by Gasteiger charge is -2.21. The number of rotatable bonds is 1. The zero-order chi connectivity index (χ0) is 11.8. The maximum Gasteiger partial charge on any atom is 0.137 e. The predicted octanol–water partition coefficient (Wildman–Crippen LogP) is 2.74. The molecule has 2 aliphatic rings.